The lowest BCUT2D eigenvalue weighted by Gasteiger charge is -1.96. The normalized spacial score (nSPS) is 11.2. The molecule has 6 nitrogen and oxygen atoms in total. The van der Waals surface area contributed by atoms with Gasteiger partial charge in [-0.25, -0.2) is 9.59 Å². The van der Waals surface area contributed by atoms with Crippen LogP contribution in [0.1, 0.15) is 25.7 Å². The van der Waals surface area contributed by atoms with Crippen LogP contribution in [0, 0.1) is 0 Å². The number of carbonyl (C=O) groups is 2. The van der Waals surface area contributed by atoms with Crippen LogP contribution in [0.25, 0.3) is 0 Å². The first-order chi connectivity index (χ1) is 7.63. The number of carboxylic acid groups (broad SMARTS) is 2. The van der Waals surface area contributed by atoms with Crippen LogP contribution in [-0.2, 0) is 9.59 Å². The third kappa shape index (κ3) is 12.3. The van der Waals surface area contributed by atoms with E-state index in [0.717, 1.165) is 38.1 Å². The molecule has 0 atom stereocenters. The van der Waals surface area contributed by atoms with Crippen molar-refractivity contribution in [2.45, 2.75) is 25.7 Å². The number of aliphatic carboxylic acids is 2. The van der Waals surface area contributed by atoms with Gasteiger partial charge in [0.25, 0.3) is 0 Å². The molecule has 0 aromatic rings. The monoisotopic (exact) mass is 228 g/mol. The fourth-order valence-corrected chi connectivity index (χ4v) is 1.05. The lowest BCUT2D eigenvalue weighted by Crippen LogP contribution is -1.97. The first-order valence-electron chi connectivity index (χ1n) is 5.08. The van der Waals surface area contributed by atoms with E-state index in [1.807, 2.05) is 0 Å². The zero-order valence-electron chi connectivity index (χ0n) is 9.00. The number of hydrogen-bond donors (Lipinski definition) is 2. The van der Waals surface area contributed by atoms with Gasteiger partial charge in [0, 0.05) is 13.1 Å². The van der Waals surface area contributed by atoms with E-state index in [-0.39, 0.29) is 0 Å². The topological polar surface area (TPSA) is 99.3 Å². The molecule has 0 rings (SSSR count). The predicted octanol–water partition coefficient (Wildman–Crippen LogP) is 0.858. The van der Waals surface area contributed by atoms with Gasteiger partial charge in [-0.05, 0) is 12.8 Å². The van der Waals surface area contributed by atoms with Crippen molar-refractivity contribution in [2.24, 2.45) is 9.98 Å². The summed E-state index contributed by atoms with van der Waals surface area (Å²) in [6.07, 6.45) is 5.37. The molecule has 16 heavy (non-hydrogen) atoms. The molecule has 0 amide bonds. The molecule has 0 saturated carbocycles. The lowest BCUT2D eigenvalue weighted by molar-refractivity contribution is -0.129. The van der Waals surface area contributed by atoms with Crippen LogP contribution in [0.4, 0.5) is 0 Å². The maximum Gasteiger partial charge on any atom is 0.346 e. The molecule has 0 bridgehead atoms. The van der Waals surface area contributed by atoms with Gasteiger partial charge in [0.2, 0.25) is 0 Å². The fourth-order valence-electron chi connectivity index (χ4n) is 1.05. The molecule has 90 valence electrons. The van der Waals surface area contributed by atoms with Gasteiger partial charge in [0.15, 0.2) is 0 Å². The van der Waals surface area contributed by atoms with E-state index in [0.29, 0.717) is 13.1 Å². The average Bonchev–Trinajstić information content (AvgIpc) is 2.20. The highest BCUT2D eigenvalue weighted by Crippen LogP contribution is 1.99. The van der Waals surface area contributed by atoms with E-state index in [1.165, 1.54) is 0 Å². The Labute approximate surface area is 93.7 Å². The van der Waals surface area contributed by atoms with E-state index in [1.54, 1.807) is 0 Å². The molecule has 0 aliphatic rings. The van der Waals surface area contributed by atoms with Crippen LogP contribution in [-0.4, -0.2) is 47.7 Å². The Morgan fingerprint density at radius 2 is 1.19 bits per heavy atom. The number of carboxylic acids is 2. The summed E-state index contributed by atoms with van der Waals surface area (Å²) in [5.41, 5.74) is 0. The first kappa shape index (κ1) is 14.3. The summed E-state index contributed by atoms with van der Waals surface area (Å²) in [6, 6.07) is 0. The van der Waals surface area contributed by atoms with E-state index >= 15 is 0 Å². The molecular formula is C10H16N2O4. The first-order valence-corrected chi connectivity index (χ1v) is 5.08. The minimum atomic E-state index is -1.02. The number of aliphatic imine (C=N–C) groups is 2. The molecule has 6 heteroatoms. The molecule has 0 aliphatic carbocycles. The van der Waals surface area contributed by atoms with Crippen LogP contribution in [0.2, 0.25) is 0 Å². The predicted molar refractivity (Wildman–Crippen MR) is 60.5 cm³/mol. The van der Waals surface area contributed by atoms with E-state index in [2.05, 4.69) is 9.98 Å². The van der Waals surface area contributed by atoms with Crippen LogP contribution in [0.5, 0.6) is 0 Å². The van der Waals surface area contributed by atoms with Crippen molar-refractivity contribution >= 4 is 24.4 Å². The third-order valence-electron chi connectivity index (χ3n) is 1.73. The summed E-state index contributed by atoms with van der Waals surface area (Å²) in [7, 11) is 0. The Hall–Kier alpha value is -1.72. The van der Waals surface area contributed by atoms with Crippen molar-refractivity contribution in [1.82, 2.24) is 0 Å². The van der Waals surface area contributed by atoms with Crippen molar-refractivity contribution in [3.63, 3.8) is 0 Å². The minimum Gasteiger partial charge on any atom is -0.477 e. The maximum atomic E-state index is 10.0. The Bertz CT molecular complexity index is 246. The van der Waals surface area contributed by atoms with Gasteiger partial charge in [-0.1, -0.05) is 12.8 Å². The highest BCUT2D eigenvalue weighted by Gasteiger charge is 1.90. The van der Waals surface area contributed by atoms with Crippen LogP contribution in [0.15, 0.2) is 9.98 Å². The molecule has 0 aliphatic heterocycles. The average molecular weight is 228 g/mol. The second kappa shape index (κ2) is 9.82. The zero-order valence-corrected chi connectivity index (χ0v) is 9.00. The molecule has 0 aromatic carbocycles. The second-order valence-corrected chi connectivity index (χ2v) is 3.16. The summed E-state index contributed by atoms with van der Waals surface area (Å²) in [6.45, 7) is 1.04. The Kier molecular flexibility index (Phi) is 8.76. The van der Waals surface area contributed by atoms with Crippen molar-refractivity contribution in [3.8, 4) is 0 Å². The summed E-state index contributed by atoms with van der Waals surface area (Å²) < 4.78 is 0. The molecule has 0 radical (unpaired) electrons. The molecule has 0 aromatic heterocycles. The zero-order chi connectivity index (χ0) is 12.2. The van der Waals surface area contributed by atoms with Gasteiger partial charge in [0.1, 0.15) is 12.4 Å². The highest BCUT2D eigenvalue weighted by molar-refractivity contribution is 6.22. The molecule has 0 saturated heterocycles. The van der Waals surface area contributed by atoms with Gasteiger partial charge in [-0.2, -0.15) is 0 Å². The van der Waals surface area contributed by atoms with Gasteiger partial charge in [-0.3, -0.25) is 9.98 Å². The maximum absolute atomic E-state index is 10.0. The van der Waals surface area contributed by atoms with Gasteiger partial charge < -0.3 is 10.2 Å². The largest absolute Gasteiger partial charge is 0.477 e. The van der Waals surface area contributed by atoms with Crippen molar-refractivity contribution < 1.29 is 19.8 Å². The van der Waals surface area contributed by atoms with E-state index in [9.17, 15) is 9.59 Å². The van der Waals surface area contributed by atoms with Crippen molar-refractivity contribution in [3.05, 3.63) is 0 Å². The fraction of sp³-hybridized carbons (Fsp3) is 0.600. The summed E-state index contributed by atoms with van der Waals surface area (Å²) in [5, 5.41) is 16.5. The van der Waals surface area contributed by atoms with Gasteiger partial charge in [0.05, 0.1) is 0 Å². The molecule has 0 fully saturated rings. The lowest BCUT2D eigenvalue weighted by atomic mass is 10.2. The van der Waals surface area contributed by atoms with E-state index in [4.69, 9.17) is 10.2 Å². The standard InChI is InChI=1S/C10H16N2O4/c13-9(14)7-11-5-3-1-2-4-6-12-8-10(15)16/h7-8H,1-6H2,(H,13,14)(H,15,16). The minimum absolute atomic E-state index is 0.519. The molecular weight excluding hydrogens is 212 g/mol. The Balaban J connectivity index is 3.22. The number of nitrogens with zero attached hydrogens (tertiary/aromatic N) is 2. The Morgan fingerprint density at radius 3 is 1.50 bits per heavy atom. The van der Waals surface area contributed by atoms with Crippen LogP contribution < -0.4 is 0 Å². The molecule has 0 spiro atoms. The molecule has 0 heterocycles. The number of hydrogen-bond acceptors (Lipinski definition) is 4. The molecule has 2 N–H and O–H groups in total. The summed E-state index contributed by atoms with van der Waals surface area (Å²) in [4.78, 5) is 27.5. The van der Waals surface area contributed by atoms with E-state index < -0.39 is 11.9 Å². The smallest absolute Gasteiger partial charge is 0.346 e. The summed E-state index contributed by atoms with van der Waals surface area (Å²) >= 11 is 0. The third-order valence-corrected chi connectivity index (χ3v) is 1.73. The summed E-state index contributed by atoms with van der Waals surface area (Å²) in [5.74, 6) is -2.05. The van der Waals surface area contributed by atoms with Crippen molar-refractivity contribution in [1.29, 1.82) is 0 Å². The SMILES string of the molecule is O=C(O)C=NCCCCCCN=CC(=O)O. The van der Waals surface area contributed by atoms with Crippen LogP contribution >= 0.6 is 0 Å². The van der Waals surface area contributed by atoms with Gasteiger partial charge in [-0.15, -0.1) is 0 Å². The Morgan fingerprint density at radius 1 is 0.812 bits per heavy atom. The number of rotatable bonds is 9. The second-order valence-electron chi connectivity index (χ2n) is 3.16. The number of unbranched alkanes of at least 4 members (excludes halogenated alkanes) is 3. The highest BCUT2D eigenvalue weighted by atomic mass is 16.4. The molecule has 0 unspecified atom stereocenters. The van der Waals surface area contributed by atoms with Crippen molar-refractivity contribution in [2.75, 3.05) is 13.1 Å². The van der Waals surface area contributed by atoms with Gasteiger partial charge >= 0.3 is 11.9 Å². The van der Waals surface area contributed by atoms with Crippen LogP contribution in [0.3, 0.4) is 0 Å². The quantitative estimate of drug-likeness (QED) is 0.451.